The summed E-state index contributed by atoms with van der Waals surface area (Å²) >= 11 is 9.31. The van der Waals surface area contributed by atoms with E-state index in [2.05, 4.69) is 21.2 Å². The van der Waals surface area contributed by atoms with Gasteiger partial charge in [-0.2, -0.15) is 0 Å². The molecule has 0 heterocycles. The Morgan fingerprint density at radius 2 is 1.82 bits per heavy atom. The number of rotatable bonds is 11. The third kappa shape index (κ3) is 8.32. The normalized spacial score (nSPS) is 12.2. The van der Waals surface area contributed by atoms with E-state index < -0.39 is 28.5 Å². The number of halogens is 2. The van der Waals surface area contributed by atoms with E-state index in [9.17, 15) is 18.0 Å². The highest BCUT2D eigenvalue weighted by Gasteiger charge is 2.30. The molecule has 2 aromatic rings. The van der Waals surface area contributed by atoms with Gasteiger partial charge >= 0.3 is 0 Å². The Labute approximate surface area is 209 Å². The summed E-state index contributed by atoms with van der Waals surface area (Å²) in [5.74, 6) is -0.785. The van der Waals surface area contributed by atoms with E-state index in [0.717, 1.165) is 29.0 Å². The van der Waals surface area contributed by atoms with Crippen molar-refractivity contribution in [3.8, 4) is 0 Å². The maximum absolute atomic E-state index is 13.4. The minimum atomic E-state index is -3.76. The molecule has 180 valence electrons. The molecule has 0 fully saturated rings. The summed E-state index contributed by atoms with van der Waals surface area (Å²) in [6.07, 6.45) is 2.80. The van der Waals surface area contributed by atoms with E-state index >= 15 is 0 Å². The molecular formula is C23H29BrClN3O4S. The number of amides is 2. The molecule has 7 nitrogen and oxygen atoms in total. The topological polar surface area (TPSA) is 86.8 Å². The molecule has 2 rings (SSSR count). The van der Waals surface area contributed by atoms with Crippen LogP contribution in [-0.4, -0.2) is 50.5 Å². The van der Waals surface area contributed by atoms with Gasteiger partial charge in [-0.1, -0.05) is 59.1 Å². The van der Waals surface area contributed by atoms with Crippen molar-refractivity contribution in [2.24, 2.45) is 0 Å². The van der Waals surface area contributed by atoms with Crippen molar-refractivity contribution in [3.05, 3.63) is 63.6 Å². The average molecular weight is 559 g/mol. The SMILES string of the molecule is CCCCNC(=O)[C@H](C)N(Cc1ccc(Cl)cc1)C(=O)CN(c1cccc(Br)c1)S(C)(=O)=O. The summed E-state index contributed by atoms with van der Waals surface area (Å²) in [6, 6.07) is 12.8. The van der Waals surface area contributed by atoms with Crippen LogP contribution in [-0.2, 0) is 26.2 Å². The predicted molar refractivity (Wildman–Crippen MR) is 136 cm³/mol. The van der Waals surface area contributed by atoms with Gasteiger partial charge in [0.05, 0.1) is 11.9 Å². The molecule has 0 unspecified atom stereocenters. The van der Waals surface area contributed by atoms with Gasteiger partial charge in [-0.25, -0.2) is 8.42 Å². The number of hydrogen-bond donors (Lipinski definition) is 1. The highest BCUT2D eigenvalue weighted by molar-refractivity contribution is 9.10. The van der Waals surface area contributed by atoms with Crippen molar-refractivity contribution in [1.29, 1.82) is 0 Å². The van der Waals surface area contributed by atoms with Crippen LogP contribution < -0.4 is 9.62 Å². The van der Waals surface area contributed by atoms with Crippen molar-refractivity contribution < 1.29 is 18.0 Å². The number of benzene rings is 2. The van der Waals surface area contributed by atoms with E-state index in [1.807, 2.05) is 6.92 Å². The minimum Gasteiger partial charge on any atom is -0.354 e. The lowest BCUT2D eigenvalue weighted by Crippen LogP contribution is -2.51. The minimum absolute atomic E-state index is 0.133. The lowest BCUT2D eigenvalue weighted by molar-refractivity contribution is -0.139. The zero-order chi connectivity index (χ0) is 24.6. The van der Waals surface area contributed by atoms with Crippen molar-refractivity contribution in [3.63, 3.8) is 0 Å². The van der Waals surface area contributed by atoms with Crippen LogP contribution in [0.3, 0.4) is 0 Å². The molecule has 0 bridgehead atoms. The maximum Gasteiger partial charge on any atom is 0.244 e. The van der Waals surface area contributed by atoms with Crippen LogP contribution in [0.25, 0.3) is 0 Å². The number of carbonyl (C=O) groups is 2. The third-order valence-corrected chi connectivity index (χ3v) is 6.92. The zero-order valence-electron chi connectivity index (χ0n) is 18.9. The number of unbranched alkanes of at least 4 members (excludes halogenated alkanes) is 1. The summed E-state index contributed by atoms with van der Waals surface area (Å²) in [4.78, 5) is 27.5. The Morgan fingerprint density at radius 1 is 1.15 bits per heavy atom. The van der Waals surface area contributed by atoms with Crippen LogP contribution in [0.2, 0.25) is 5.02 Å². The number of hydrogen-bond acceptors (Lipinski definition) is 4. The fourth-order valence-corrected chi connectivity index (χ4v) is 4.50. The first kappa shape index (κ1) is 27.1. The summed E-state index contributed by atoms with van der Waals surface area (Å²) in [5, 5.41) is 3.40. The van der Waals surface area contributed by atoms with Crippen LogP contribution >= 0.6 is 27.5 Å². The first-order valence-corrected chi connectivity index (χ1v) is 13.6. The van der Waals surface area contributed by atoms with Gasteiger partial charge in [0.2, 0.25) is 21.8 Å². The average Bonchev–Trinajstić information content (AvgIpc) is 2.75. The molecule has 0 saturated carbocycles. The Bertz CT molecular complexity index is 1060. The van der Waals surface area contributed by atoms with E-state index in [4.69, 9.17) is 11.6 Å². The molecule has 0 saturated heterocycles. The molecule has 0 aliphatic rings. The van der Waals surface area contributed by atoms with Crippen molar-refractivity contribution in [2.75, 3.05) is 23.7 Å². The Balaban J connectivity index is 2.33. The van der Waals surface area contributed by atoms with Crippen molar-refractivity contribution in [1.82, 2.24) is 10.2 Å². The highest BCUT2D eigenvalue weighted by Crippen LogP contribution is 2.23. The Morgan fingerprint density at radius 3 is 2.39 bits per heavy atom. The largest absolute Gasteiger partial charge is 0.354 e. The molecular weight excluding hydrogens is 530 g/mol. The second kappa shape index (κ2) is 12.4. The van der Waals surface area contributed by atoms with Gasteiger partial charge in [-0.05, 0) is 49.2 Å². The molecule has 33 heavy (non-hydrogen) atoms. The first-order valence-electron chi connectivity index (χ1n) is 10.6. The van der Waals surface area contributed by atoms with Gasteiger partial charge in [0.15, 0.2) is 0 Å². The monoisotopic (exact) mass is 557 g/mol. The van der Waals surface area contributed by atoms with Crippen LogP contribution in [0.5, 0.6) is 0 Å². The molecule has 2 amide bonds. The smallest absolute Gasteiger partial charge is 0.244 e. The van der Waals surface area contributed by atoms with E-state index in [-0.39, 0.29) is 12.5 Å². The zero-order valence-corrected chi connectivity index (χ0v) is 22.1. The molecule has 0 aromatic heterocycles. The molecule has 0 spiro atoms. The summed E-state index contributed by atoms with van der Waals surface area (Å²) in [7, 11) is -3.76. The van der Waals surface area contributed by atoms with E-state index in [1.165, 1.54) is 4.90 Å². The Hall–Kier alpha value is -2.10. The van der Waals surface area contributed by atoms with Crippen LogP contribution in [0.1, 0.15) is 32.3 Å². The quantitative estimate of drug-likeness (QED) is 0.419. The molecule has 10 heteroatoms. The Kier molecular flexibility index (Phi) is 10.2. The number of anilines is 1. The van der Waals surface area contributed by atoms with Gasteiger partial charge in [-0.15, -0.1) is 0 Å². The highest BCUT2D eigenvalue weighted by atomic mass is 79.9. The fraction of sp³-hybridized carbons (Fsp3) is 0.391. The summed E-state index contributed by atoms with van der Waals surface area (Å²) in [5.41, 5.74) is 1.13. The lowest BCUT2D eigenvalue weighted by atomic mass is 10.1. The summed E-state index contributed by atoms with van der Waals surface area (Å²) < 4.78 is 26.8. The molecule has 2 aromatic carbocycles. The van der Waals surface area contributed by atoms with Gasteiger partial charge in [0.1, 0.15) is 12.6 Å². The number of nitrogens with zero attached hydrogens (tertiary/aromatic N) is 2. The third-order valence-electron chi connectivity index (χ3n) is 5.04. The first-order chi connectivity index (χ1) is 15.5. The molecule has 0 radical (unpaired) electrons. The standard InChI is InChI=1S/C23H29BrClN3O4S/c1-4-5-13-26-23(30)17(2)27(15-18-9-11-20(25)12-10-18)22(29)16-28(33(3,31)32)21-8-6-7-19(24)14-21/h6-12,14,17H,4-5,13,15-16H2,1-3H3,(H,26,30)/t17-/m0/s1. The number of carbonyl (C=O) groups excluding carboxylic acids is 2. The number of sulfonamides is 1. The molecule has 0 aliphatic heterocycles. The van der Waals surface area contributed by atoms with Crippen molar-refractivity contribution >= 4 is 55.1 Å². The molecule has 1 atom stereocenters. The molecule has 0 aliphatic carbocycles. The van der Waals surface area contributed by atoms with Gasteiger partial charge in [0, 0.05) is 22.6 Å². The van der Waals surface area contributed by atoms with Crippen LogP contribution in [0.4, 0.5) is 5.69 Å². The van der Waals surface area contributed by atoms with Gasteiger partial charge in [0.25, 0.3) is 0 Å². The van der Waals surface area contributed by atoms with Crippen LogP contribution in [0, 0.1) is 0 Å². The van der Waals surface area contributed by atoms with E-state index in [0.29, 0.717) is 21.7 Å². The lowest BCUT2D eigenvalue weighted by Gasteiger charge is -2.31. The second-order valence-corrected chi connectivity index (χ2v) is 11.0. The maximum atomic E-state index is 13.4. The van der Waals surface area contributed by atoms with Gasteiger partial charge < -0.3 is 10.2 Å². The van der Waals surface area contributed by atoms with Crippen molar-refractivity contribution in [2.45, 2.75) is 39.3 Å². The predicted octanol–water partition coefficient (Wildman–Crippen LogP) is 4.20. The summed E-state index contributed by atoms with van der Waals surface area (Å²) in [6.45, 7) is 3.87. The fourth-order valence-electron chi connectivity index (χ4n) is 3.15. The molecule has 1 N–H and O–H groups in total. The van der Waals surface area contributed by atoms with E-state index in [1.54, 1.807) is 55.5 Å². The number of nitrogens with one attached hydrogen (secondary N) is 1. The second-order valence-electron chi connectivity index (χ2n) is 7.72. The van der Waals surface area contributed by atoms with Gasteiger partial charge in [-0.3, -0.25) is 13.9 Å². The van der Waals surface area contributed by atoms with Crippen LogP contribution in [0.15, 0.2) is 53.0 Å².